The van der Waals surface area contributed by atoms with E-state index in [-0.39, 0.29) is 53.4 Å². The molecular formula is C29H24F7N7O2. The van der Waals surface area contributed by atoms with E-state index in [0.29, 0.717) is 18.9 Å². The van der Waals surface area contributed by atoms with E-state index in [0.717, 1.165) is 23.2 Å². The lowest BCUT2D eigenvalue weighted by molar-refractivity contribution is -0.197. The fraction of sp³-hybridized carbons (Fsp3) is 0.345. The number of carbonyl (C=O) groups is 2. The van der Waals surface area contributed by atoms with Crippen molar-refractivity contribution in [1.82, 2.24) is 24.3 Å². The average molecular weight is 636 g/mol. The van der Waals surface area contributed by atoms with E-state index in [2.05, 4.69) is 20.3 Å². The van der Waals surface area contributed by atoms with Crippen molar-refractivity contribution < 1.29 is 40.3 Å². The third-order valence-electron chi connectivity index (χ3n) is 7.96. The number of hydrogen-bond acceptors (Lipinski definition) is 6. The molecule has 9 nitrogen and oxygen atoms in total. The molecule has 6 rings (SSSR count). The van der Waals surface area contributed by atoms with Gasteiger partial charge in [-0.1, -0.05) is 0 Å². The Morgan fingerprint density at radius 2 is 1.71 bits per heavy atom. The summed E-state index contributed by atoms with van der Waals surface area (Å²) in [5.74, 6) is -3.65. The van der Waals surface area contributed by atoms with Crippen LogP contribution in [0.15, 0.2) is 48.9 Å². The van der Waals surface area contributed by atoms with Crippen molar-refractivity contribution in [3.63, 3.8) is 0 Å². The Balaban J connectivity index is 1.32. The Bertz CT molecular complexity index is 1800. The van der Waals surface area contributed by atoms with Crippen LogP contribution in [-0.2, 0) is 11.0 Å². The molecule has 0 radical (unpaired) electrons. The smallest absolute Gasteiger partial charge is 0.382 e. The first-order valence-corrected chi connectivity index (χ1v) is 13.9. The normalized spacial score (nSPS) is 19.1. The number of aromatic nitrogens is 4. The van der Waals surface area contributed by atoms with Gasteiger partial charge >= 0.3 is 12.4 Å². The molecule has 1 aromatic carbocycles. The minimum Gasteiger partial charge on any atom is -0.382 e. The molecule has 2 aliphatic rings. The van der Waals surface area contributed by atoms with Crippen LogP contribution >= 0.6 is 0 Å². The first kappa shape index (κ1) is 30.3. The van der Waals surface area contributed by atoms with E-state index in [1.165, 1.54) is 28.9 Å². The van der Waals surface area contributed by atoms with Crippen LogP contribution in [0.5, 0.6) is 0 Å². The number of likely N-dealkylation sites (tertiary alicyclic amines) is 1. The quantitative estimate of drug-likeness (QED) is 0.267. The molecule has 0 bridgehead atoms. The molecular weight excluding hydrogens is 611 g/mol. The number of nitrogen functional groups attached to an aromatic ring is 1. The number of nitrogens with one attached hydrogen (secondary N) is 1. The van der Waals surface area contributed by atoms with Crippen LogP contribution in [0.3, 0.4) is 0 Å². The third-order valence-corrected chi connectivity index (χ3v) is 7.96. The SMILES string of the molecule is Nc1nccn2c(C3CCC(C(F)(F)F)N(C(=O)C4CC4)C3)nc(-c3ccc(C(=O)Nc4cc(C(F)(F)F)ccn4)cc3F)c12. The lowest BCUT2D eigenvalue weighted by Crippen LogP contribution is -2.53. The Morgan fingerprint density at radius 3 is 2.38 bits per heavy atom. The van der Waals surface area contributed by atoms with Gasteiger partial charge in [-0.05, 0) is 56.0 Å². The van der Waals surface area contributed by atoms with E-state index in [4.69, 9.17) is 5.73 Å². The highest BCUT2D eigenvalue weighted by molar-refractivity contribution is 6.04. The van der Waals surface area contributed by atoms with Crippen molar-refractivity contribution in [3.05, 3.63) is 71.7 Å². The summed E-state index contributed by atoms with van der Waals surface area (Å²) in [6.45, 7) is -0.245. The molecule has 1 saturated carbocycles. The molecule has 236 valence electrons. The molecule has 0 spiro atoms. The molecule has 4 heterocycles. The zero-order valence-corrected chi connectivity index (χ0v) is 23.2. The maximum Gasteiger partial charge on any atom is 0.416 e. The maximum absolute atomic E-state index is 15.6. The summed E-state index contributed by atoms with van der Waals surface area (Å²) in [5.41, 5.74) is 4.95. The van der Waals surface area contributed by atoms with Crippen LogP contribution in [0.4, 0.5) is 42.4 Å². The highest BCUT2D eigenvalue weighted by atomic mass is 19.4. The van der Waals surface area contributed by atoms with Crippen LogP contribution < -0.4 is 11.1 Å². The highest BCUT2D eigenvalue weighted by Gasteiger charge is 2.51. The van der Waals surface area contributed by atoms with Gasteiger partial charge in [0.1, 0.15) is 40.5 Å². The molecule has 16 heteroatoms. The molecule has 3 N–H and O–H groups in total. The van der Waals surface area contributed by atoms with Gasteiger partial charge in [-0.3, -0.25) is 14.0 Å². The number of hydrogen-bond donors (Lipinski definition) is 2. The maximum atomic E-state index is 15.6. The van der Waals surface area contributed by atoms with Crippen LogP contribution in [-0.4, -0.2) is 54.8 Å². The Labute approximate surface area is 250 Å². The Kier molecular flexibility index (Phi) is 7.40. The number of imidazole rings is 1. The fourth-order valence-electron chi connectivity index (χ4n) is 5.61. The number of nitrogens with zero attached hydrogens (tertiary/aromatic N) is 5. The second-order valence-electron chi connectivity index (χ2n) is 11.0. The van der Waals surface area contributed by atoms with Gasteiger partial charge in [0.15, 0.2) is 0 Å². The van der Waals surface area contributed by atoms with Crippen LogP contribution in [0.2, 0.25) is 0 Å². The second kappa shape index (κ2) is 11.0. The topological polar surface area (TPSA) is 119 Å². The molecule has 1 aliphatic heterocycles. The molecule has 4 aromatic rings. The lowest BCUT2D eigenvalue weighted by atomic mass is 9.91. The fourth-order valence-corrected chi connectivity index (χ4v) is 5.61. The zero-order valence-electron chi connectivity index (χ0n) is 23.2. The second-order valence-corrected chi connectivity index (χ2v) is 11.0. The number of halogens is 7. The zero-order chi connectivity index (χ0) is 32.3. The van der Waals surface area contributed by atoms with Crippen molar-refractivity contribution in [2.45, 2.75) is 50.0 Å². The largest absolute Gasteiger partial charge is 0.416 e. The number of anilines is 2. The van der Waals surface area contributed by atoms with Crippen molar-refractivity contribution in [3.8, 4) is 11.3 Å². The van der Waals surface area contributed by atoms with Gasteiger partial charge in [-0.25, -0.2) is 19.3 Å². The average Bonchev–Trinajstić information content (AvgIpc) is 3.76. The summed E-state index contributed by atoms with van der Waals surface area (Å²) in [4.78, 5) is 38.8. The van der Waals surface area contributed by atoms with Crippen molar-refractivity contribution >= 4 is 29.0 Å². The predicted octanol–water partition coefficient (Wildman–Crippen LogP) is 5.83. The monoisotopic (exact) mass is 635 g/mol. The number of fused-ring (bicyclic) bond motifs is 1. The van der Waals surface area contributed by atoms with E-state index in [1.54, 1.807) is 0 Å². The summed E-state index contributed by atoms with van der Waals surface area (Å²) in [5, 5.41) is 2.20. The number of amides is 2. The minimum atomic E-state index is -4.66. The van der Waals surface area contributed by atoms with Gasteiger partial charge in [-0.15, -0.1) is 0 Å². The number of piperidine rings is 1. The van der Waals surface area contributed by atoms with E-state index < -0.39 is 59.2 Å². The van der Waals surface area contributed by atoms with Crippen molar-refractivity contribution in [1.29, 1.82) is 0 Å². The van der Waals surface area contributed by atoms with E-state index in [9.17, 15) is 35.9 Å². The van der Waals surface area contributed by atoms with Gasteiger partial charge in [0.05, 0.1) is 5.56 Å². The van der Waals surface area contributed by atoms with E-state index in [1.807, 2.05) is 0 Å². The molecule has 2 unspecified atom stereocenters. The Morgan fingerprint density at radius 1 is 0.956 bits per heavy atom. The molecule has 3 aromatic heterocycles. The van der Waals surface area contributed by atoms with Gasteiger partial charge < -0.3 is 16.0 Å². The van der Waals surface area contributed by atoms with Crippen molar-refractivity contribution in [2.24, 2.45) is 5.92 Å². The summed E-state index contributed by atoms with van der Waals surface area (Å²) in [6, 6.07) is 2.77. The van der Waals surface area contributed by atoms with E-state index >= 15 is 4.39 Å². The van der Waals surface area contributed by atoms with Gasteiger partial charge in [0.25, 0.3) is 5.91 Å². The number of rotatable bonds is 5. The van der Waals surface area contributed by atoms with Gasteiger partial charge in [-0.2, -0.15) is 26.3 Å². The first-order valence-electron chi connectivity index (χ1n) is 13.9. The van der Waals surface area contributed by atoms with Crippen molar-refractivity contribution in [2.75, 3.05) is 17.6 Å². The van der Waals surface area contributed by atoms with Gasteiger partial charge in [0.2, 0.25) is 5.91 Å². The molecule has 2 atom stereocenters. The minimum absolute atomic E-state index is 0.0117. The van der Waals surface area contributed by atoms with Crippen LogP contribution in [0.1, 0.15) is 53.3 Å². The number of pyridine rings is 1. The molecule has 45 heavy (non-hydrogen) atoms. The Hall–Kier alpha value is -4.76. The van der Waals surface area contributed by atoms with Crippen LogP contribution in [0.25, 0.3) is 16.8 Å². The lowest BCUT2D eigenvalue weighted by Gasteiger charge is -2.40. The number of nitrogens with two attached hydrogens (primary N) is 1. The standard InChI is InChI=1S/C29H24F7N7O2/c30-19-11-15(26(44)40-21-12-17(7-8-38-21)28(31,32)33)3-5-18(19)22-23-24(37)39-9-10-42(23)25(41-22)16-4-6-20(29(34,35)36)43(13-16)27(45)14-1-2-14/h3,5,7-12,14,16,20H,1-2,4,6,13H2,(H2,37,39)(H,38,40,44). The van der Waals surface area contributed by atoms with Gasteiger partial charge in [0, 0.05) is 48.1 Å². The number of benzene rings is 1. The molecule has 2 fully saturated rings. The molecule has 2 amide bonds. The third kappa shape index (κ3) is 5.88. The highest BCUT2D eigenvalue weighted by Crippen LogP contribution is 2.42. The summed E-state index contributed by atoms with van der Waals surface area (Å²) in [6.07, 6.45) is -4.76. The molecule has 1 aliphatic carbocycles. The molecule has 1 saturated heterocycles. The first-order chi connectivity index (χ1) is 21.2. The summed E-state index contributed by atoms with van der Waals surface area (Å²) in [7, 11) is 0. The summed E-state index contributed by atoms with van der Waals surface area (Å²) >= 11 is 0. The number of alkyl halides is 6. The number of carbonyl (C=O) groups excluding carboxylic acids is 2. The predicted molar refractivity (Wildman–Crippen MR) is 146 cm³/mol. The van der Waals surface area contributed by atoms with Crippen LogP contribution in [0, 0.1) is 11.7 Å². The summed E-state index contributed by atoms with van der Waals surface area (Å²) < 4.78 is 97.7.